The van der Waals surface area contributed by atoms with Crippen molar-refractivity contribution >= 4 is 23.5 Å². The van der Waals surface area contributed by atoms with Crippen molar-refractivity contribution in [3.8, 4) is 17.2 Å². The quantitative estimate of drug-likeness (QED) is 0.362. The molecular formula is C23H23N5O4S. The molecule has 0 spiro atoms. The number of aromatic nitrogens is 4. The van der Waals surface area contributed by atoms with E-state index in [1.165, 1.54) is 11.8 Å². The van der Waals surface area contributed by atoms with Crippen LogP contribution in [0.4, 0.5) is 5.82 Å². The van der Waals surface area contributed by atoms with Gasteiger partial charge in [0.05, 0.1) is 12.9 Å². The lowest BCUT2D eigenvalue weighted by Crippen LogP contribution is -2.15. The van der Waals surface area contributed by atoms with Gasteiger partial charge < -0.3 is 19.3 Å². The van der Waals surface area contributed by atoms with Crippen molar-refractivity contribution in [2.24, 2.45) is 0 Å². The number of benzene rings is 2. The standard InChI is InChI=1S/C23H23N5O4S/c1-15-13-20(27-32-15)24-21(29)14-33-23-26-25-22(28(23)17-9-5-4-6-10-17)16(2)31-19-12-8-7-11-18(19)30-3/h4-13,16H,14H2,1-3H3,(H,24,27,29). The molecule has 0 saturated carbocycles. The average Bonchev–Trinajstić information content (AvgIpc) is 3.44. The fourth-order valence-corrected chi connectivity index (χ4v) is 3.91. The zero-order valence-electron chi connectivity index (χ0n) is 18.4. The third kappa shape index (κ3) is 5.35. The Labute approximate surface area is 195 Å². The van der Waals surface area contributed by atoms with Crippen LogP contribution >= 0.6 is 11.8 Å². The number of nitrogens with zero attached hydrogens (tertiary/aromatic N) is 4. The topological polar surface area (TPSA) is 104 Å². The third-order valence-electron chi connectivity index (χ3n) is 4.64. The van der Waals surface area contributed by atoms with Crippen LogP contribution < -0.4 is 14.8 Å². The fourth-order valence-electron chi connectivity index (χ4n) is 3.15. The van der Waals surface area contributed by atoms with Crippen LogP contribution in [0.25, 0.3) is 5.69 Å². The first kappa shape index (κ1) is 22.4. The van der Waals surface area contributed by atoms with E-state index in [1.54, 1.807) is 20.1 Å². The molecule has 2 aromatic carbocycles. The first-order valence-corrected chi connectivity index (χ1v) is 11.2. The Morgan fingerprint density at radius 3 is 2.55 bits per heavy atom. The Morgan fingerprint density at radius 1 is 1.12 bits per heavy atom. The number of thioether (sulfide) groups is 1. The van der Waals surface area contributed by atoms with E-state index in [1.807, 2.05) is 66.1 Å². The van der Waals surface area contributed by atoms with Crippen molar-refractivity contribution in [1.29, 1.82) is 0 Å². The highest BCUT2D eigenvalue weighted by molar-refractivity contribution is 7.99. The summed E-state index contributed by atoms with van der Waals surface area (Å²) in [5.74, 6) is 2.73. The molecule has 0 radical (unpaired) electrons. The van der Waals surface area contributed by atoms with Gasteiger partial charge >= 0.3 is 0 Å². The Kier molecular flexibility index (Phi) is 6.94. The molecule has 2 aromatic heterocycles. The maximum Gasteiger partial charge on any atom is 0.236 e. The molecule has 33 heavy (non-hydrogen) atoms. The van der Waals surface area contributed by atoms with E-state index >= 15 is 0 Å². The Bertz CT molecular complexity index is 1220. The molecule has 170 valence electrons. The largest absolute Gasteiger partial charge is 0.493 e. The van der Waals surface area contributed by atoms with Gasteiger partial charge in [0.1, 0.15) is 5.76 Å². The fraction of sp³-hybridized carbons (Fsp3) is 0.217. The van der Waals surface area contributed by atoms with Crippen LogP contribution in [-0.2, 0) is 4.79 Å². The van der Waals surface area contributed by atoms with E-state index in [0.717, 1.165) is 5.69 Å². The predicted octanol–water partition coefficient (Wildman–Crippen LogP) is 4.44. The van der Waals surface area contributed by atoms with Gasteiger partial charge in [-0.1, -0.05) is 47.3 Å². The molecule has 4 aromatic rings. The zero-order valence-corrected chi connectivity index (χ0v) is 19.2. The molecule has 0 saturated heterocycles. The minimum absolute atomic E-state index is 0.124. The summed E-state index contributed by atoms with van der Waals surface area (Å²) in [7, 11) is 1.60. The lowest BCUT2D eigenvalue weighted by Gasteiger charge is -2.18. The minimum atomic E-state index is -0.435. The number of para-hydroxylation sites is 3. The van der Waals surface area contributed by atoms with Crippen molar-refractivity contribution in [1.82, 2.24) is 19.9 Å². The molecule has 0 bridgehead atoms. The van der Waals surface area contributed by atoms with Crippen molar-refractivity contribution in [3.63, 3.8) is 0 Å². The number of hydrogen-bond acceptors (Lipinski definition) is 8. The van der Waals surface area contributed by atoms with Gasteiger partial charge in [0.25, 0.3) is 0 Å². The summed E-state index contributed by atoms with van der Waals surface area (Å²) >= 11 is 1.27. The summed E-state index contributed by atoms with van der Waals surface area (Å²) in [5.41, 5.74) is 0.864. The van der Waals surface area contributed by atoms with E-state index in [0.29, 0.717) is 34.1 Å². The van der Waals surface area contributed by atoms with Crippen LogP contribution in [0.1, 0.15) is 24.6 Å². The molecule has 0 aliphatic carbocycles. The first-order chi connectivity index (χ1) is 16.0. The summed E-state index contributed by atoms with van der Waals surface area (Å²) in [6.07, 6.45) is -0.435. The molecule has 0 fully saturated rings. The summed E-state index contributed by atoms with van der Waals surface area (Å²) in [4.78, 5) is 12.4. The molecule has 0 aliphatic heterocycles. The van der Waals surface area contributed by atoms with Gasteiger partial charge in [0.2, 0.25) is 5.91 Å². The van der Waals surface area contributed by atoms with E-state index < -0.39 is 6.10 Å². The number of ether oxygens (including phenoxy) is 2. The number of rotatable bonds is 9. The normalized spacial score (nSPS) is 11.7. The maximum atomic E-state index is 12.4. The highest BCUT2D eigenvalue weighted by atomic mass is 32.2. The van der Waals surface area contributed by atoms with E-state index in [-0.39, 0.29) is 11.7 Å². The Balaban J connectivity index is 1.56. The molecule has 0 aliphatic rings. The summed E-state index contributed by atoms with van der Waals surface area (Å²) in [6.45, 7) is 3.65. The lowest BCUT2D eigenvalue weighted by atomic mass is 10.3. The second-order valence-electron chi connectivity index (χ2n) is 7.08. The lowest BCUT2D eigenvalue weighted by molar-refractivity contribution is -0.113. The number of aryl methyl sites for hydroxylation is 1. The van der Waals surface area contributed by atoms with E-state index in [9.17, 15) is 4.79 Å². The van der Waals surface area contributed by atoms with Crippen LogP contribution in [0.15, 0.2) is 70.3 Å². The van der Waals surface area contributed by atoms with Crippen LogP contribution in [0.3, 0.4) is 0 Å². The van der Waals surface area contributed by atoms with Crippen LogP contribution in [0.2, 0.25) is 0 Å². The summed E-state index contributed by atoms with van der Waals surface area (Å²) in [6, 6.07) is 18.8. The van der Waals surface area contributed by atoms with Gasteiger partial charge in [-0.2, -0.15) is 0 Å². The Morgan fingerprint density at radius 2 is 1.85 bits per heavy atom. The van der Waals surface area contributed by atoms with Crippen molar-refractivity contribution < 1.29 is 18.8 Å². The van der Waals surface area contributed by atoms with Gasteiger partial charge in [-0.25, -0.2) is 0 Å². The number of carbonyl (C=O) groups excluding carboxylic acids is 1. The second kappa shape index (κ2) is 10.2. The molecule has 10 heteroatoms. The molecule has 2 heterocycles. The highest BCUT2D eigenvalue weighted by Gasteiger charge is 2.22. The number of hydrogen-bond donors (Lipinski definition) is 1. The van der Waals surface area contributed by atoms with Gasteiger partial charge in [-0.15, -0.1) is 10.2 Å². The van der Waals surface area contributed by atoms with Crippen molar-refractivity contribution in [2.75, 3.05) is 18.2 Å². The summed E-state index contributed by atoms with van der Waals surface area (Å²) < 4.78 is 18.4. The number of nitrogens with one attached hydrogen (secondary N) is 1. The molecule has 4 rings (SSSR count). The SMILES string of the molecule is COc1ccccc1OC(C)c1nnc(SCC(=O)Nc2cc(C)on2)n1-c1ccccc1. The van der Waals surface area contributed by atoms with Crippen molar-refractivity contribution in [2.45, 2.75) is 25.1 Å². The van der Waals surface area contributed by atoms with Crippen molar-refractivity contribution in [3.05, 3.63) is 72.2 Å². The molecule has 1 atom stereocenters. The number of carbonyl (C=O) groups is 1. The molecule has 1 unspecified atom stereocenters. The van der Waals surface area contributed by atoms with E-state index in [2.05, 4.69) is 20.7 Å². The van der Waals surface area contributed by atoms with Crippen LogP contribution in [0, 0.1) is 6.92 Å². The van der Waals surface area contributed by atoms with Crippen LogP contribution in [-0.4, -0.2) is 38.7 Å². The maximum absolute atomic E-state index is 12.4. The third-order valence-corrected chi connectivity index (χ3v) is 5.57. The first-order valence-electron chi connectivity index (χ1n) is 10.2. The number of amides is 1. The average molecular weight is 466 g/mol. The van der Waals surface area contributed by atoms with Gasteiger partial charge in [0, 0.05) is 11.8 Å². The summed E-state index contributed by atoms with van der Waals surface area (Å²) in [5, 5.41) is 15.8. The smallest absolute Gasteiger partial charge is 0.236 e. The number of anilines is 1. The van der Waals surface area contributed by atoms with Gasteiger partial charge in [-0.3, -0.25) is 9.36 Å². The van der Waals surface area contributed by atoms with Gasteiger partial charge in [-0.05, 0) is 38.1 Å². The minimum Gasteiger partial charge on any atom is -0.493 e. The zero-order chi connectivity index (χ0) is 23.2. The monoisotopic (exact) mass is 465 g/mol. The van der Waals surface area contributed by atoms with Gasteiger partial charge in [0.15, 0.2) is 34.4 Å². The Hall–Kier alpha value is -3.79. The molecule has 1 amide bonds. The molecular weight excluding hydrogens is 442 g/mol. The molecule has 9 nitrogen and oxygen atoms in total. The van der Waals surface area contributed by atoms with Crippen LogP contribution in [0.5, 0.6) is 11.5 Å². The molecule has 1 N–H and O–H groups in total. The highest BCUT2D eigenvalue weighted by Crippen LogP contribution is 2.32. The predicted molar refractivity (Wildman–Crippen MR) is 124 cm³/mol. The second-order valence-corrected chi connectivity index (χ2v) is 8.02. The van der Waals surface area contributed by atoms with E-state index in [4.69, 9.17) is 14.0 Å². The number of methoxy groups -OCH3 is 1.